The Morgan fingerprint density at radius 3 is 2.67 bits per heavy atom. The van der Waals surface area contributed by atoms with Crippen LogP contribution < -0.4 is 15.7 Å². The first-order valence-electron chi connectivity index (χ1n) is 8.89. The molecule has 0 saturated carbocycles. The number of methoxy groups -OCH3 is 1. The first-order valence-corrected chi connectivity index (χ1v) is 8.89. The van der Waals surface area contributed by atoms with Crippen LogP contribution in [0.5, 0.6) is 5.75 Å². The molecule has 1 aromatic heterocycles. The molecule has 0 amide bonds. The predicted molar refractivity (Wildman–Crippen MR) is 105 cm³/mol. The van der Waals surface area contributed by atoms with E-state index in [0.717, 1.165) is 39.8 Å². The van der Waals surface area contributed by atoms with Crippen molar-refractivity contribution in [1.29, 1.82) is 0 Å². The lowest BCUT2D eigenvalue weighted by Gasteiger charge is -2.10. The van der Waals surface area contributed by atoms with Crippen molar-refractivity contribution >= 4 is 17.0 Å². The number of hydrogen-bond acceptors (Lipinski definition) is 4. The minimum absolute atomic E-state index is 0.124. The summed E-state index contributed by atoms with van der Waals surface area (Å²) < 4.78 is 6.89. The van der Waals surface area contributed by atoms with Crippen molar-refractivity contribution in [3.63, 3.8) is 0 Å². The lowest BCUT2D eigenvalue weighted by atomic mass is 9.96. The Balaban J connectivity index is 2.04. The quantitative estimate of drug-likeness (QED) is 0.576. The van der Waals surface area contributed by atoms with Crippen LogP contribution in [-0.4, -0.2) is 16.9 Å². The molecule has 2 aromatic carbocycles. The fourth-order valence-electron chi connectivity index (χ4n) is 3.64. The minimum atomic E-state index is -0.291. The van der Waals surface area contributed by atoms with E-state index in [1.54, 1.807) is 11.7 Å². The second-order valence-electron chi connectivity index (χ2n) is 6.54. The van der Waals surface area contributed by atoms with Crippen molar-refractivity contribution in [2.75, 3.05) is 7.11 Å². The molecule has 1 N–H and O–H groups in total. The third kappa shape index (κ3) is 3.01. The van der Waals surface area contributed by atoms with Crippen LogP contribution >= 0.6 is 0 Å². The number of para-hydroxylation sites is 1. The van der Waals surface area contributed by atoms with Crippen LogP contribution in [0, 0.1) is 0 Å². The Hall–Kier alpha value is -3.34. The van der Waals surface area contributed by atoms with Crippen molar-refractivity contribution in [2.45, 2.75) is 19.4 Å². The van der Waals surface area contributed by atoms with Gasteiger partial charge in [0.1, 0.15) is 5.75 Å². The number of allylic oxidation sites excluding steroid dienone is 1. The first kappa shape index (κ1) is 17.1. The molecule has 3 aromatic rings. The third-order valence-electron chi connectivity index (χ3n) is 4.99. The van der Waals surface area contributed by atoms with Gasteiger partial charge in [0.2, 0.25) is 0 Å². The van der Waals surface area contributed by atoms with Gasteiger partial charge in [-0.05, 0) is 47.7 Å². The zero-order valence-corrected chi connectivity index (χ0v) is 15.1. The summed E-state index contributed by atoms with van der Waals surface area (Å²) in [5.41, 5.74) is 3.24. The molecule has 0 fully saturated rings. The van der Waals surface area contributed by atoms with Gasteiger partial charge in [-0.15, -0.1) is 0 Å². The van der Waals surface area contributed by atoms with E-state index in [0.29, 0.717) is 13.0 Å². The number of nitrogens with zero attached hydrogens (tertiary/aromatic N) is 2. The van der Waals surface area contributed by atoms with Gasteiger partial charge in [-0.2, -0.15) is 0 Å². The third-order valence-corrected chi connectivity index (χ3v) is 4.99. The number of ether oxygens (including phenoxy) is 1. The summed E-state index contributed by atoms with van der Waals surface area (Å²) in [6.07, 6.45) is 5.62. The van der Waals surface area contributed by atoms with Crippen molar-refractivity contribution in [3.8, 4) is 5.75 Å². The highest BCUT2D eigenvalue weighted by molar-refractivity contribution is 5.89. The Kier molecular flexibility index (Phi) is 4.50. The molecule has 0 aliphatic heterocycles. The standard InChI is InChI=1S/C22H20N2O3/c1-27-16-12-10-15(11-13-16)14-24-20-9-5-4-7-18(20)17-6-2-3-8-19(17)21(23-26)22(24)25/h2,4-7,9-13,26H,3,8,14H2,1H3/b23-21-. The Morgan fingerprint density at radius 2 is 1.93 bits per heavy atom. The number of rotatable bonds is 3. The largest absolute Gasteiger partial charge is 0.497 e. The second kappa shape index (κ2) is 7.11. The van der Waals surface area contributed by atoms with Gasteiger partial charge >= 0.3 is 0 Å². The van der Waals surface area contributed by atoms with Crippen molar-refractivity contribution in [3.05, 3.63) is 87.0 Å². The summed E-state index contributed by atoms with van der Waals surface area (Å²) in [5.74, 6) is 0.765. The van der Waals surface area contributed by atoms with E-state index >= 15 is 0 Å². The van der Waals surface area contributed by atoms with E-state index in [1.807, 2.05) is 54.6 Å². The van der Waals surface area contributed by atoms with Crippen molar-refractivity contribution in [2.24, 2.45) is 5.16 Å². The van der Waals surface area contributed by atoms with E-state index in [4.69, 9.17) is 4.74 Å². The average Bonchev–Trinajstić information content (AvgIpc) is 2.82. The topological polar surface area (TPSA) is 63.8 Å². The van der Waals surface area contributed by atoms with Crippen LogP contribution in [-0.2, 0) is 13.0 Å². The lowest BCUT2D eigenvalue weighted by Crippen LogP contribution is -2.35. The van der Waals surface area contributed by atoms with Crippen LogP contribution in [0.4, 0.5) is 0 Å². The molecule has 0 bridgehead atoms. The Labute approximate surface area is 156 Å². The first-order chi connectivity index (χ1) is 13.2. The van der Waals surface area contributed by atoms with Gasteiger partial charge < -0.3 is 14.5 Å². The molecule has 4 rings (SSSR count). The highest BCUT2D eigenvalue weighted by Gasteiger charge is 2.16. The number of fused-ring (bicyclic) bond motifs is 3. The molecule has 136 valence electrons. The molecule has 5 heteroatoms. The normalized spacial score (nSPS) is 13.6. The minimum Gasteiger partial charge on any atom is -0.497 e. The highest BCUT2D eigenvalue weighted by atomic mass is 16.5. The number of aromatic nitrogens is 1. The molecule has 1 aliphatic carbocycles. The van der Waals surface area contributed by atoms with Crippen LogP contribution in [0.3, 0.4) is 0 Å². The summed E-state index contributed by atoms with van der Waals surface area (Å²) in [5, 5.41) is 14.1. The van der Waals surface area contributed by atoms with Gasteiger partial charge in [0.25, 0.3) is 5.56 Å². The van der Waals surface area contributed by atoms with E-state index in [2.05, 4.69) is 11.2 Å². The molecule has 27 heavy (non-hydrogen) atoms. The molecule has 0 saturated heterocycles. The maximum Gasteiger partial charge on any atom is 0.280 e. The average molecular weight is 360 g/mol. The molecule has 1 aliphatic rings. The SMILES string of the molecule is COc1ccc(Cn2c(=O)/c(=N\O)c3c(c4ccccc42)C=CCC3)cc1. The summed E-state index contributed by atoms with van der Waals surface area (Å²) >= 11 is 0. The van der Waals surface area contributed by atoms with Gasteiger partial charge in [-0.3, -0.25) is 4.79 Å². The highest BCUT2D eigenvalue weighted by Crippen LogP contribution is 2.24. The number of benzene rings is 2. The predicted octanol–water partition coefficient (Wildman–Crippen LogP) is 3.31. The van der Waals surface area contributed by atoms with Gasteiger partial charge in [-0.1, -0.05) is 47.6 Å². The maximum atomic E-state index is 13.3. The molecule has 0 atom stereocenters. The number of hydrogen-bond donors (Lipinski definition) is 1. The molecule has 0 unspecified atom stereocenters. The fourth-order valence-corrected chi connectivity index (χ4v) is 3.64. The Morgan fingerprint density at radius 1 is 1.15 bits per heavy atom. The molecule has 0 spiro atoms. The summed E-state index contributed by atoms with van der Waals surface area (Å²) in [4.78, 5) is 13.3. The van der Waals surface area contributed by atoms with Crippen LogP contribution in [0.15, 0.2) is 64.6 Å². The zero-order valence-electron chi connectivity index (χ0n) is 15.1. The monoisotopic (exact) mass is 360 g/mol. The summed E-state index contributed by atoms with van der Waals surface area (Å²) in [6, 6.07) is 15.4. The van der Waals surface area contributed by atoms with E-state index < -0.39 is 0 Å². The summed E-state index contributed by atoms with van der Waals surface area (Å²) in [7, 11) is 1.62. The lowest BCUT2D eigenvalue weighted by molar-refractivity contribution is 0.299. The fraction of sp³-hybridized carbons (Fsp3) is 0.182. The molecule has 1 heterocycles. The molecular formula is C22H20N2O3. The van der Waals surface area contributed by atoms with Crippen molar-refractivity contribution < 1.29 is 9.94 Å². The van der Waals surface area contributed by atoms with Crippen LogP contribution in [0.2, 0.25) is 0 Å². The molecule has 5 nitrogen and oxygen atoms in total. The van der Waals surface area contributed by atoms with E-state index in [9.17, 15) is 10.0 Å². The maximum absolute atomic E-state index is 13.3. The zero-order chi connectivity index (χ0) is 18.8. The Bertz CT molecular complexity index is 1160. The van der Waals surface area contributed by atoms with E-state index in [1.165, 1.54) is 0 Å². The van der Waals surface area contributed by atoms with E-state index in [-0.39, 0.29) is 10.9 Å². The molecule has 0 radical (unpaired) electrons. The van der Waals surface area contributed by atoms with Crippen LogP contribution in [0.25, 0.3) is 17.0 Å². The van der Waals surface area contributed by atoms with Gasteiger partial charge in [-0.25, -0.2) is 0 Å². The van der Waals surface area contributed by atoms with Gasteiger partial charge in [0.05, 0.1) is 19.2 Å². The second-order valence-corrected chi connectivity index (χ2v) is 6.54. The smallest absolute Gasteiger partial charge is 0.280 e. The van der Waals surface area contributed by atoms with Gasteiger partial charge in [0.15, 0.2) is 5.36 Å². The van der Waals surface area contributed by atoms with Crippen molar-refractivity contribution in [1.82, 2.24) is 4.57 Å². The van der Waals surface area contributed by atoms with Gasteiger partial charge in [0, 0.05) is 5.39 Å². The summed E-state index contributed by atoms with van der Waals surface area (Å²) in [6.45, 7) is 0.378. The molecular weight excluding hydrogens is 340 g/mol. The van der Waals surface area contributed by atoms with Crippen LogP contribution in [0.1, 0.15) is 23.1 Å².